The highest BCUT2D eigenvalue weighted by molar-refractivity contribution is 7.99. The predicted octanol–water partition coefficient (Wildman–Crippen LogP) is 4.22. The molecule has 160 valence electrons. The number of hydrogen-bond donors (Lipinski definition) is 1. The van der Waals surface area contributed by atoms with Crippen LogP contribution in [0.5, 0.6) is 0 Å². The minimum absolute atomic E-state index is 0.0399. The molecule has 0 radical (unpaired) electrons. The first-order chi connectivity index (χ1) is 15.1. The van der Waals surface area contributed by atoms with Crippen molar-refractivity contribution < 1.29 is 18.7 Å². The van der Waals surface area contributed by atoms with E-state index in [0.29, 0.717) is 10.9 Å². The van der Waals surface area contributed by atoms with Crippen LogP contribution >= 0.6 is 23.4 Å². The fourth-order valence-electron chi connectivity index (χ4n) is 3.43. The molecular formula is C22H20ClN3O4S. The normalized spacial score (nSPS) is 15.2. The molecule has 0 unspecified atom stereocenters. The van der Waals surface area contributed by atoms with E-state index < -0.39 is 5.97 Å². The number of rotatable bonds is 7. The topological polar surface area (TPSA) is 94.3 Å². The second-order valence-corrected chi connectivity index (χ2v) is 8.40. The highest BCUT2D eigenvalue weighted by Gasteiger charge is 2.22. The highest BCUT2D eigenvalue weighted by atomic mass is 35.5. The molecule has 9 heteroatoms. The Bertz CT molecular complexity index is 1070. The molecule has 1 heterocycles. The van der Waals surface area contributed by atoms with Gasteiger partial charge in [-0.3, -0.25) is 9.59 Å². The Morgan fingerprint density at radius 3 is 2.81 bits per heavy atom. The molecule has 7 nitrogen and oxygen atoms in total. The van der Waals surface area contributed by atoms with Crippen LogP contribution < -0.4 is 5.32 Å². The number of esters is 1. The van der Waals surface area contributed by atoms with Crippen LogP contribution in [0.25, 0.3) is 11.5 Å². The van der Waals surface area contributed by atoms with Gasteiger partial charge in [-0.1, -0.05) is 47.6 Å². The third-order valence-electron chi connectivity index (χ3n) is 4.88. The van der Waals surface area contributed by atoms with Crippen LogP contribution in [0.4, 0.5) is 0 Å². The van der Waals surface area contributed by atoms with E-state index in [1.807, 2.05) is 18.2 Å². The van der Waals surface area contributed by atoms with Gasteiger partial charge in [0, 0.05) is 10.6 Å². The number of nitrogens with one attached hydrogen (secondary N) is 1. The van der Waals surface area contributed by atoms with E-state index in [9.17, 15) is 9.59 Å². The van der Waals surface area contributed by atoms with Crippen LogP contribution in [0, 0.1) is 0 Å². The molecule has 1 aromatic heterocycles. The van der Waals surface area contributed by atoms with E-state index >= 15 is 0 Å². The lowest BCUT2D eigenvalue weighted by atomic mass is 9.88. The maximum Gasteiger partial charge on any atom is 0.316 e. The van der Waals surface area contributed by atoms with Crippen LogP contribution in [-0.4, -0.2) is 34.4 Å². The summed E-state index contributed by atoms with van der Waals surface area (Å²) in [7, 11) is 0. The fourth-order valence-corrected chi connectivity index (χ4v) is 4.11. The van der Waals surface area contributed by atoms with Crippen LogP contribution in [0.2, 0.25) is 5.02 Å². The van der Waals surface area contributed by atoms with E-state index in [0.717, 1.165) is 42.2 Å². The number of nitrogens with zero attached hydrogens (tertiary/aromatic N) is 2. The first-order valence-electron chi connectivity index (χ1n) is 9.83. The molecule has 3 aromatic rings. The van der Waals surface area contributed by atoms with Crippen molar-refractivity contribution >= 4 is 35.2 Å². The number of thioether (sulfide) groups is 1. The molecule has 0 aliphatic heterocycles. The molecule has 4 rings (SSSR count). The third-order valence-corrected chi connectivity index (χ3v) is 5.92. The zero-order valence-electron chi connectivity index (χ0n) is 16.5. The van der Waals surface area contributed by atoms with Crippen molar-refractivity contribution in [1.82, 2.24) is 15.5 Å². The number of halogens is 1. The number of fused-ring (bicyclic) bond motifs is 1. The van der Waals surface area contributed by atoms with Gasteiger partial charge < -0.3 is 14.5 Å². The van der Waals surface area contributed by atoms with Gasteiger partial charge in [0.15, 0.2) is 6.61 Å². The Kier molecular flexibility index (Phi) is 6.89. The summed E-state index contributed by atoms with van der Waals surface area (Å²) >= 11 is 6.92. The largest absolute Gasteiger partial charge is 0.455 e. The van der Waals surface area contributed by atoms with E-state index in [-0.39, 0.29) is 29.5 Å². The molecule has 1 atom stereocenters. The Morgan fingerprint density at radius 1 is 1.16 bits per heavy atom. The molecule has 1 aliphatic rings. The Hall–Kier alpha value is -2.84. The minimum Gasteiger partial charge on any atom is -0.455 e. The van der Waals surface area contributed by atoms with Crippen LogP contribution in [0.15, 0.2) is 58.2 Å². The van der Waals surface area contributed by atoms with Gasteiger partial charge in [0.25, 0.3) is 11.1 Å². The Balaban J connectivity index is 1.22. The number of benzene rings is 2. The van der Waals surface area contributed by atoms with Crippen molar-refractivity contribution in [3.05, 3.63) is 64.7 Å². The smallest absolute Gasteiger partial charge is 0.316 e. The lowest BCUT2D eigenvalue weighted by Gasteiger charge is -2.26. The van der Waals surface area contributed by atoms with Crippen molar-refractivity contribution in [3.63, 3.8) is 0 Å². The average Bonchev–Trinajstić information content (AvgIpc) is 3.26. The summed E-state index contributed by atoms with van der Waals surface area (Å²) in [5.41, 5.74) is 3.12. The van der Waals surface area contributed by atoms with Gasteiger partial charge in [-0.2, -0.15) is 0 Å². The van der Waals surface area contributed by atoms with E-state index in [1.165, 1.54) is 5.56 Å². The number of ether oxygens (including phenoxy) is 1. The van der Waals surface area contributed by atoms with Crippen LogP contribution in [0.3, 0.4) is 0 Å². The fraction of sp³-hybridized carbons (Fsp3) is 0.273. The molecule has 1 amide bonds. The summed E-state index contributed by atoms with van der Waals surface area (Å²) in [6, 6.07) is 15.0. The predicted molar refractivity (Wildman–Crippen MR) is 117 cm³/mol. The Labute approximate surface area is 188 Å². The van der Waals surface area contributed by atoms with Gasteiger partial charge in [0.1, 0.15) is 5.75 Å². The average molecular weight is 458 g/mol. The van der Waals surface area contributed by atoms with Gasteiger partial charge >= 0.3 is 5.97 Å². The molecule has 0 fully saturated rings. The van der Waals surface area contributed by atoms with Crippen LogP contribution in [0.1, 0.15) is 30.0 Å². The van der Waals surface area contributed by atoms with E-state index in [1.54, 1.807) is 24.3 Å². The molecule has 0 spiro atoms. The van der Waals surface area contributed by atoms with Gasteiger partial charge in [-0.05, 0) is 54.7 Å². The summed E-state index contributed by atoms with van der Waals surface area (Å²) in [4.78, 5) is 24.2. The minimum atomic E-state index is -0.532. The number of carbonyl (C=O) groups is 2. The number of aromatic nitrogens is 2. The summed E-state index contributed by atoms with van der Waals surface area (Å²) in [6.07, 6.45) is 2.91. The molecule has 0 saturated heterocycles. The standard InChI is InChI=1S/C22H20ClN3O4S/c23-16-10-8-15(9-11-16)21-25-26-22(30-21)31-13-20(28)29-12-19(27)24-18-7-3-5-14-4-1-2-6-17(14)18/h1-2,4,6,8-11,18H,3,5,7,12-13H2,(H,24,27)/t18-/m1/s1. The van der Waals surface area contributed by atoms with Crippen molar-refractivity contribution in [1.29, 1.82) is 0 Å². The second-order valence-electron chi connectivity index (χ2n) is 7.04. The summed E-state index contributed by atoms with van der Waals surface area (Å²) in [6.45, 7) is -0.322. The SMILES string of the molecule is O=C(COC(=O)CSc1nnc(-c2ccc(Cl)cc2)o1)N[C@@H]1CCCc2ccccc21. The first kappa shape index (κ1) is 21.4. The monoisotopic (exact) mass is 457 g/mol. The number of amides is 1. The maximum absolute atomic E-state index is 12.2. The summed E-state index contributed by atoms with van der Waals surface area (Å²) < 4.78 is 10.6. The number of aryl methyl sites for hydroxylation is 1. The van der Waals surface area contributed by atoms with Crippen molar-refractivity contribution in [3.8, 4) is 11.5 Å². The van der Waals surface area contributed by atoms with Gasteiger partial charge in [0.2, 0.25) is 5.89 Å². The molecule has 1 aliphatic carbocycles. The van der Waals surface area contributed by atoms with Crippen molar-refractivity contribution in [2.45, 2.75) is 30.5 Å². The first-order valence-corrected chi connectivity index (χ1v) is 11.2. The molecule has 0 bridgehead atoms. The molecule has 31 heavy (non-hydrogen) atoms. The quantitative estimate of drug-likeness (QED) is 0.419. The van der Waals surface area contributed by atoms with E-state index in [2.05, 4.69) is 21.6 Å². The third kappa shape index (κ3) is 5.65. The Morgan fingerprint density at radius 2 is 1.97 bits per heavy atom. The lowest BCUT2D eigenvalue weighted by Crippen LogP contribution is -2.34. The maximum atomic E-state index is 12.2. The zero-order chi connectivity index (χ0) is 21.6. The summed E-state index contributed by atoms with van der Waals surface area (Å²) in [5.74, 6) is -0.556. The van der Waals surface area contributed by atoms with Crippen molar-refractivity contribution in [2.24, 2.45) is 0 Å². The molecule has 0 saturated carbocycles. The van der Waals surface area contributed by atoms with Crippen molar-refractivity contribution in [2.75, 3.05) is 12.4 Å². The number of carbonyl (C=O) groups excluding carboxylic acids is 2. The van der Waals surface area contributed by atoms with E-state index in [4.69, 9.17) is 20.8 Å². The molecule has 1 N–H and O–H groups in total. The second kappa shape index (κ2) is 9.98. The summed E-state index contributed by atoms with van der Waals surface area (Å²) in [5, 5.41) is 11.7. The molecule has 2 aromatic carbocycles. The number of hydrogen-bond acceptors (Lipinski definition) is 7. The highest BCUT2D eigenvalue weighted by Crippen LogP contribution is 2.29. The van der Waals surface area contributed by atoms with Crippen LogP contribution in [-0.2, 0) is 20.7 Å². The lowest BCUT2D eigenvalue weighted by molar-refractivity contribution is -0.146. The van der Waals surface area contributed by atoms with Gasteiger partial charge in [0.05, 0.1) is 6.04 Å². The molecular weight excluding hydrogens is 438 g/mol. The zero-order valence-corrected chi connectivity index (χ0v) is 18.1. The van der Waals surface area contributed by atoms with Gasteiger partial charge in [-0.25, -0.2) is 0 Å². The van der Waals surface area contributed by atoms with Gasteiger partial charge in [-0.15, -0.1) is 10.2 Å².